The van der Waals surface area contributed by atoms with Gasteiger partial charge in [-0.2, -0.15) is 0 Å². The standard InChI is InChI=1S/C20H16N2/c21-19-14-8-7-13-18(19)20(17-11-5-2-6-12-17)22-15-16-9-3-1-4-10-16/h1-15,21H/b20-18-,21-19?,22-15?. The molecule has 1 aliphatic rings. The molecule has 0 aliphatic heterocycles. The summed E-state index contributed by atoms with van der Waals surface area (Å²) in [5.74, 6) is 0. The van der Waals surface area contributed by atoms with Crippen LogP contribution in [0.4, 0.5) is 0 Å². The van der Waals surface area contributed by atoms with Crippen molar-refractivity contribution in [2.75, 3.05) is 0 Å². The second kappa shape index (κ2) is 6.64. The SMILES string of the molecule is N=C1C=CC=C/C1=C(/N=Cc1ccccc1)c1ccccc1. The van der Waals surface area contributed by atoms with E-state index in [4.69, 9.17) is 5.41 Å². The van der Waals surface area contributed by atoms with Gasteiger partial charge < -0.3 is 5.41 Å². The van der Waals surface area contributed by atoms with Crippen molar-refractivity contribution in [3.8, 4) is 0 Å². The number of rotatable bonds is 3. The molecule has 0 saturated carbocycles. The van der Waals surface area contributed by atoms with Crippen LogP contribution < -0.4 is 0 Å². The minimum Gasteiger partial charge on any atom is -0.300 e. The van der Waals surface area contributed by atoms with Gasteiger partial charge in [-0.05, 0) is 11.6 Å². The van der Waals surface area contributed by atoms with E-state index in [1.807, 2.05) is 85.1 Å². The Morgan fingerprint density at radius 3 is 2.14 bits per heavy atom. The zero-order chi connectivity index (χ0) is 15.2. The summed E-state index contributed by atoms with van der Waals surface area (Å²) in [7, 11) is 0. The molecule has 0 bridgehead atoms. The molecule has 1 aliphatic carbocycles. The normalized spacial score (nSPS) is 16.3. The van der Waals surface area contributed by atoms with Crippen molar-refractivity contribution in [3.05, 3.63) is 102 Å². The molecule has 2 nitrogen and oxygen atoms in total. The van der Waals surface area contributed by atoms with E-state index in [9.17, 15) is 0 Å². The molecule has 106 valence electrons. The molecule has 0 radical (unpaired) electrons. The summed E-state index contributed by atoms with van der Waals surface area (Å²) in [5, 5.41) is 8.14. The van der Waals surface area contributed by atoms with Gasteiger partial charge in [0.15, 0.2) is 0 Å². The summed E-state index contributed by atoms with van der Waals surface area (Å²) in [6, 6.07) is 20.0. The van der Waals surface area contributed by atoms with Gasteiger partial charge in [-0.25, -0.2) is 0 Å². The van der Waals surface area contributed by atoms with Crippen molar-refractivity contribution in [3.63, 3.8) is 0 Å². The van der Waals surface area contributed by atoms with Crippen LogP contribution in [0.25, 0.3) is 5.70 Å². The monoisotopic (exact) mass is 284 g/mol. The van der Waals surface area contributed by atoms with Crippen LogP contribution in [0.1, 0.15) is 11.1 Å². The van der Waals surface area contributed by atoms with Crippen LogP contribution in [0.5, 0.6) is 0 Å². The van der Waals surface area contributed by atoms with Gasteiger partial charge in [-0.3, -0.25) is 4.99 Å². The summed E-state index contributed by atoms with van der Waals surface area (Å²) in [4.78, 5) is 4.67. The summed E-state index contributed by atoms with van der Waals surface area (Å²) in [6.45, 7) is 0. The molecule has 1 N–H and O–H groups in total. The lowest BCUT2D eigenvalue weighted by Gasteiger charge is -2.10. The van der Waals surface area contributed by atoms with Gasteiger partial charge in [0.05, 0.1) is 11.4 Å². The maximum Gasteiger partial charge on any atom is 0.0795 e. The lowest BCUT2D eigenvalue weighted by molar-refractivity contribution is 1.44. The van der Waals surface area contributed by atoms with Crippen molar-refractivity contribution < 1.29 is 0 Å². The maximum atomic E-state index is 8.14. The highest BCUT2D eigenvalue weighted by Gasteiger charge is 2.10. The van der Waals surface area contributed by atoms with Gasteiger partial charge >= 0.3 is 0 Å². The van der Waals surface area contributed by atoms with Crippen molar-refractivity contribution in [2.24, 2.45) is 4.99 Å². The van der Waals surface area contributed by atoms with Crippen LogP contribution in [0.3, 0.4) is 0 Å². The Labute approximate surface area is 130 Å². The quantitative estimate of drug-likeness (QED) is 0.796. The highest BCUT2D eigenvalue weighted by atomic mass is 14.7. The number of benzene rings is 2. The van der Waals surface area contributed by atoms with E-state index in [2.05, 4.69) is 4.99 Å². The molecule has 0 saturated heterocycles. The van der Waals surface area contributed by atoms with E-state index < -0.39 is 0 Å². The van der Waals surface area contributed by atoms with Gasteiger partial charge in [0.2, 0.25) is 0 Å². The fourth-order valence-corrected chi connectivity index (χ4v) is 2.26. The number of nitrogens with zero attached hydrogens (tertiary/aromatic N) is 1. The predicted octanol–water partition coefficient (Wildman–Crippen LogP) is 4.66. The number of allylic oxidation sites excluding steroid dienone is 5. The first-order chi connectivity index (χ1) is 10.8. The molecular weight excluding hydrogens is 268 g/mol. The summed E-state index contributed by atoms with van der Waals surface area (Å²) in [5.41, 5.74) is 4.18. The Hall–Kier alpha value is -3.00. The number of nitrogens with one attached hydrogen (secondary N) is 1. The average molecular weight is 284 g/mol. The Kier molecular flexibility index (Phi) is 4.21. The van der Waals surface area contributed by atoms with Gasteiger partial charge in [-0.1, -0.05) is 78.9 Å². The smallest absolute Gasteiger partial charge is 0.0795 e. The highest BCUT2D eigenvalue weighted by molar-refractivity contribution is 6.14. The molecule has 0 spiro atoms. The Morgan fingerprint density at radius 1 is 0.818 bits per heavy atom. The van der Waals surface area contributed by atoms with E-state index >= 15 is 0 Å². The minimum atomic E-state index is 0.478. The molecule has 0 unspecified atom stereocenters. The van der Waals surface area contributed by atoms with Gasteiger partial charge in [0.1, 0.15) is 0 Å². The molecule has 2 heteroatoms. The molecule has 3 rings (SSSR count). The fourth-order valence-electron chi connectivity index (χ4n) is 2.26. The molecule has 0 heterocycles. The van der Waals surface area contributed by atoms with E-state index in [0.29, 0.717) is 5.71 Å². The first kappa shape index (κ1) is 14.0. The average Bonchev–Trinajstić information content (AvgIpc) is 2.58. The second-order valence-electron chi connectivity index (χ2n) is 4.93. The lowest BCUT2D eigenvalue weighted by atomic mass is 9.99. The summed E-state index contributed by atoms with van der Waals surface area (Å²) >= 11 is 0. The Bertz CT molecular complexity index is 779. The highest BCUT2D eigenvalue weighted by Crippen LogP contribution is 2.24. The molecule has 2 aromatic rings. The zero-order valence-corrected chi connectivity index (χ0v) is 12.1. The molecule has 22 heavy (non-hydrogen) atoms. The van der Waals surface area contributed by atoms with Crippen molar-refractivity contribution in [1.29, 1.82) is 5.41 Å². The third kappa shape index (κ3) is 3.18. The maximum absolute atomic E-state index is 8.14. The Morgan fingerprint density at radius 2 is 1.45 bits per heavy atom. The summed E-state index contributed by atoms with van der Waals surface area (Å²) in [6.07, 6.45) is 9.38. The molecule has 2 aromatic carbocycles. The Balaban J connectivity index is 2.07. The second-order valence-corrected chi connectivity index (χ2v) is 4.93. The third-order valence-electron chi connectivity index (χ3n) is 3.37. The molecule has 0 aromatic heterocycles. The molecule has 0 atom stereocenters. The third-order valence-corrected chi connectivity index (χ3v) is 3.37. The zero-order valence-electron chi connectivity index (χ0n) is 12.1. The van der Waals surface area contributed by atoms with Crippen LogP contribution in [0, 0.1) is 5.41 Å². The van der Waals surface area contributed by atoms with Crippen LogP contribution in [-0.4, -0.2) is 11.9 Å². The van der Waals surface area contributed by atoms with Crippen LogP contribution in [0.2, 0.25) is 0 Å². The van der Waals surface area contributed by atoms with E-state index in [-0.39, 0.29) is 0 Å². The van der Waals surface area contributed by atoms with Gasteiger partial charge in [0, 0.05) is 17.4 Å². The van der Waals surface area contributed by atoms with E-state index in [1.54, 1.807) is 6.08 Å². The van der Waals surface area contributed by atoms with Crippen molar-refractivity contribution in [2.45, 2.75) is 0 Å². The van der Waals surface area contributed by atoms with Crippen molar-refractivity contribution in [1.82, 2.24) is 0 Å². The number of hydrogen-bond donors (Lipinski definition) is 1. The summed E-state index contributed by atoms with van der Waals surface area (Å²) < 4.78 is 0. The van der Waals surface area contributed by atoms with Crippen molar-refractivity contribution >= 4 is 17.6 Å². The van der Waals surface area contributed by atoms with Gasteiger partial charge in [0.25, 0.3) is 0 Å². The van der Waals surface area contributed by atoms with Crippen LogP contribution in [-0.2, 0) is 0 Å². The molecule has 0 amide bonds. The van der Waals surface area contributed by atoms with E-state index in [0.717, 1.165) is 22.4 Å². The van der Waals surface area contributed by atoms with Crippen LogP contribution >= 0.6 is 0 Å². The minimum absolute atomic E-state index is 0.478. The topological polar surface area (TPSA) is 36.2 Å². The van der Waals surface area contributed by atoms with Gasteiger partial charge in [-0.15, -0.1) is 0 Å². The van der Waals surface area contributed by atoms with Crippen LogP contribution in [0.15, 0.2) is 95.5 Å². The fraction of sp³-hybridized carbons (Fsp3) is 0. The molecule has 0 fully saturated rings. The first-order valence-electron chi connectivity index (χ1n) is 7.17. The predicted molar refractivity (Wildman–Crippen MR) is 93.4 cm³/mol. The number of aliphatic imine (C=N–C) groups is 1. The molecular formula is C20H16N2. The number of hydrogen-bond acceptors (Lipinski definition) is 2. The van der Waals surface area contributed by atoms with E-state index in [1.165, 1.54) is 0 Å². The lowest BCUT2D eigenvalue weighted by Crippen LogP contribution is -2.01. The first-order valence-corrected chi connectivity index (χ1v) is 7.17. The largest absolute Gasteiger partial charge is 0.300 e.